The Morgan fingerprint density at radius 1 is 1.27 bits per heavy atom. The Kier molecular flexibility index (Phi) is 6.77. The molecule has 0 saturated carbocycles. The molecule has 4 heteroatoms. The average molecular weight is 292 g/mol. The third-order valence-electron chi connectivity index (χ3n) is 2.11. The van der Waals surface area contributed by atoms with Gasteiger partial charge in [-0.1, -0.05) is 12.8 Å². The van der Waals surface area contributed by atoms with Crippen LogP contribution in [0.5, 0.6) is 0 Å². The highest BCUT2D eigenvalue weighted by Crippen LogP contribution is 2.18. The molecule has 0 aliphatic heterocycles. The zero-order valence-electron chi connectivity index (χ0n) is 8.68. The molecular weight excluding hydrogens is 275 g/mol. The normalized spacial score (nSPS) is 10.3. The smallest absolute Gasteiger partial charge is 0.140 e. The molecule has 0 spiro atoms. The zero-order chi connectivity index (χ0) is 10.9. The van der Waals surface area contributed by atoms with Crippen molar-refractivity contribution in [2.45, 2.75) is 25.7 Å². The summed E-state index contributed by atoms with van der Waals surface area (Å²) in [6.45, 7) is 0.970. The molecule has 1 rings (SSSR count). The zero-order valence-corrected chi connectivity index (χ0v) is 11.0. The summed E-state index contributed by atoms with van der Waals surface area (Å²) < 4.78 is 1.02. The predicted octanol–water partition coefficient (Wildman–Crippen LogP) is 4.06. The fourth-order valence-corrected chi connectivity index (χ4v) is 1.88. The van der Waals surface area contributed by atoms with Crippen molar-refractivity contribution in [2.24, 2.45) is 0 Å². The first kappa shape index (κ1) is 12.8. The maximum atomic E-state index is 5.60. The first-order chi connectivity index (χ1) is 7.34. The first-order valence-electron chi connectivity index (χ1n) is 5.25. The molecule has 0 aliphatic carbocycles. The van der Waals surface area contributed by atoms with Gasteiger partial charge in [0.1, 0.15) is 5.82 Å². The molecule has 0 fully saturated rings. The highest BCUT2D eigenvalue weighted by molar-refractivity contribution is 9.10. The summed E-state index contributed by atoms with van der Waals surface area (Å²) >= 11 is 9.05. The summed E-state index contributed by atoms with van der Waals surface area (Å²) in [4.78, 5) is 4.23. The van der Waals surface area contributed by atoms with Gasteiger partial charge in [-0.2, -0.15) is 0 Å². The fraction of sp³-hybridized carbons (Fsp3) is 0.545. The van der Waals surface area contributed by atoms with Crippen molar-refractivity contribution in [3.05, 3.63) is 22.8 Å². The maximum absolute atomic E-state index is 5.60. The Hall–Kier alpha value is -0.280. The topological polar surface area (TPSA) is 24.9 Å². The van der Waals surface area contributed by atoms with Crippen LogP contribution in [0.4, 0.5) is 5.82 Å². The van der Waals surface area contributed by atoms with Gasteiger partial charge >= 0.3 is 0 Å². The van der Waals surface area contributed by atoms with Crippen LogP contribution in [0.15, 0.2) is 22.8 Å². The quantitative estimate of drug-likeness (QED) is 0.605. The van der Waals surface area contributed by atoms with Crippen LogP contribution in [-0.2, 0) is 0 Å². The second-order valence-electron chi connectivity index (χ2n) is 3.36. The Morgan fingerprint density at radius 3 is 2.80 bits per heavy atom. The van der Waals surface area contributed by atoms with Crippen molar-refractivity contribution >= 4 is 33.3 Å². The van der Waals surface area contributed by atoms with Crippen LogP contribution in [0.3, 0.4) is 0 Å². The number of hydrogen-bond donors (Lipinski definition) is 1. The largest absolute Gasteiger partial charge is 0.369 e. The van der Waals surface area contributed by atoms with Crippen molar-refractivity contribution in [1.29, 1.82) is 0 Å². The second kappa shape index (κ2) is 7.94. The van der Waals surface area contributed by atoms with Crippen LogP contribution in [0.2, 0.25) is 0 Å². The molecule has 0 unspecified atom stereocenters. The van der Waals surface area contributed by atoms with Crippen LogP contribution in [-0.4, -0.2) is 17.4 Å². The van der Waals surface area contributed by atoms with E-state index in [0.29, 0.717) is 0 Å². The lowest BCUT2D eigenvalue weighted by molar-refractivity contribution is 0.686. The highest BCUT2D eigenvalue weighted by atomic mass is 79.9. The van der Waals surface area contributed by atoms with E-state index in [0.717, 1.165) is 29.1 Å². The summed E-state index contributed by atoms with van der Waals surface area (Å²) in [5, 5.41) is 3.30. The minimum Gasteiger partial charge on any atom is -0.369 e. The molecule has 84 valence electrons. The van der Waals surface area contributed by atoms with E-state index >= 15 is 0 Å². The Morgan fingerprint density at radius 2 is 2.07 bits per heavy atom. The van der Waals surface area contributed by atoms with E-state index in [9.17, 15) is 0 Å². The Labute approximate surface area is 105 Å². The number of halogens is 2. The molecule has 1 aromatic heterocycles. The average Bonchev–Trinajstić information content (AvgIpc) is 2.25. The van der Waals surface area contributed by atoms with Crippen LogP contribution >= 0.6 is 27.5 Å². The minimum atomic E-state index is 0.777. The van der Waals surface area contributed by atoms with E-state index in [-0.39, 0.29) is 0 Å². The van der Waals surface area contributed by atoms with E-state index in [1.807, 2.05) is 12.1 Å². The van der Waals surface area contributed by atoms with Crippen molar-refractivity contribution in [3.63, 3.8) is 0 Å². The van der Waals surface area contributed by atoms with Gasteiger partial charge in [0.15, 0.2) is 0 Å². The third kappa shape index (κ3) is 5.38. The molecule has 2 nitrogen and oxygen atoms in total. The van der Waals surface area contributed by atoms with Gasteiger partial charge in [0.25, 0.3) is 0 Å². The number of nitrogens with zero attached hydrogens (tertiary/aromatic N) is 1. The number of nitrogens with one attached hydrogen (secondary N) is 1. The molecule has 0 aromatic carbocycles. The Balaban J connectivity index is 2.12. The molecule has 0 saturated heterocycles. The SMILES string of the molecule is ClCCCCCCNc1ncccc1Br. The summed E-state index contributed by atoms with van der Waals surface area (Å²) in [5.41, 5.74) is 0. The molecule has 1 heterocycles. The molecule has 0 aliphatic rings. The van der Waals surface area contributed by atoms with Gasteiger partial charge in [0.2, 0.25) is 0 Å². The van der Waals surface area contributed by atoms with E-state index in [1.165, 1.54) is 19.3 Å². The van der Waals surface area contributed by atoms with Gasteiger partial charge in [0.05, 0.1) is 4.47 Å². The third-order valence-corrected chi connectivity index (χ3v) is 3.02. The number of anilines is 1. The summed E-state index contributed by atoms with van der Waals surface area (Å²) in [5.74, 6) is 1.70. The van der Waals surface area contributed by atoms with E-state index in [1.54, 1.807) is 6.20 Å². The fourth-order valence-electron chi connectivity index (χ4n) is 1.30. The molecular formula is C11H16BrClN2. The standard InChI is InChI=1S/C11H16BrClN2/c12-10-6-5-9-15-11(10)14-8-4-2-1-3-7-13/h5-6,9H,1-4,7-8H2,(H,14,15). The van der Waals surface area contributed by atoms with E-state index in [4.69, 9.17) is 11.6 Å². The van der Waals surface area contributed by atoms with Gasteiger partial charge in [-0.05, 0) is 40.9 Å². The van der Waals surface area contributed by atoms with Gasteiger partial charge in [-0.15, -0.1) is 11.6 Å². The van der Waals surface area contributed by atoms with Gasteiger partial charge in [-0.3, -0.25) is 0 Å². The van der Waals surface area contributed by atoms with E-state index in [2.05, 4.69) is 26.2 Å². The molecule has 1 N–H and O–H groups in total. The number of rotatable bonds is 7. The van der Waals surface area contributed by atoms with Crippen LogP contribution < -0.4 is 5.32 Å². The lowest BCUT2D eigenvalue weighted by Gasteiger charge is -2.06. The van der Waals surface area contributed by atoms with E-state index < -0.39 is 0 Å². The van der Waals surface area contributed by atoms with Crippen LogP contribution in [0, 0.1) is 0 Å². The number of hydrogen-bond acceptors (Lipinski definition) is 2. The Bertz CT molecular complexity index is 281. The first-order valence-corrected chi connectivity index (χ1v) is 6.57. The number of pyridine rings is 1. The molecule has 1 aromatic rings. The van der Waals surface area contributed by atoms with Gasteiger partial charge in [-0.25, -0.2) is 4.98 Å². The van der Waals surface area contributed by atoms with Gasteiger partial charge in [0, 0.05) is 18.6 Å². The monoisotopic (exact) mass is 290 g/mol. The number of unbranched alkanes of at least 4 members (excludes halogenated alkanes) is 3. The predicted molar refractivity (Wildman–Crippen MR) is 69.6 cm³/mol. The maximum Gasteiger partial charge on any atom is 0.140 e. The summed E-state index contributed by atoms with van der Waals surface area (Å²) in [6, 6.07) is 3.90. The van der Waals surface area contributed by atoms with Crippen molar-refractivity contribution in [1.82, 2.24) is 4.98 Å². The minimum absolute atomic E-state index is 0.777. The molecule has 0 bridgehead atoms. The summed E-state index contributed by atoms with van der Waals surface area (Å²) in [7, 11) is 0. The lowest BCUT2D eigenvalue weighted by Crippen LogP contribution is -2.03. The molecule has 0 atom stereocenters. The van der Waals surface area contributed by atoms with Crippen molar-refractivity contribution in [2.75, 3.05) is 17.7 Å². The molecule has 15 heavy (non-hydrogen) atoms. The number of aromatic nitrogens is 1. The van der Waals surface area contributed by atoms with Crippen molar-refractivity contribution in [3.8, 4) is 0 Å². The second-order valence-corrected chi connectivity index (χ2v) is 4.60. The van der Waals surface area contributed by atoms with Crippen molar-refractivity contribution < 1.29 is 0 Å². The molecule has 0 amide bonds. The van der Waals surface area contributed by atoms with Crippen LogP contribution in [0.1, 0.15) is 25.7 Å². The molecule has 0 radical (unpaired) electrons. The van der Waals surface area contributed by atoms with Crippen LogP contribution in [0.25, 0.3) is 0 Å². The number of alkyl halides is 1. The van der Waals surface area contributed by atoms with Gasteiger partial charge < -0.3 is 5.32 Å². The highest BCUT2D eigenvalue weighted by Gasteiger charge is 1.97. The lowest BCUT2D eigenvalue weighted by atomic mass is 10.2. The summed E-state index contributed by atoms with van der Waals surface area (Å²) in [6.07, 6.45) is 6.52.